The van der Waals surface area contributed by atoms with Crippen molar-refractivity contribution in [2.45, 2.75) is 45.1 Å². The normalized spacial score (nSPS) is 20.7. The highest BCUT2D eigenvalue weighted by molar-refractivity contribution is 6.10. The minimum atomic E-state index is -0.157. The summed E-state index contributed by atoms with van der Waals surface area (Å²) in [4.78, 5) is 33.3. The number of Topliss-reactive ketones (excluding diaryl/α,β-unsaturated/α-hetero) is 1. The molecule has 0 aliphatic carbocycles. The van der Waals surface area contributed by atoms with Crippen molar-refractivity contribution in [2.24, 2.45) is 5.92 Å². The summed E-state index contributed by atoms with van der Waals surface area (Å²) in [7, 11) is 0. The molecule has 4 rings (SSSR count). The molecule has 2 aliphatic rings. The molecule has 5 nitrogen and oxygen atoms in total. The molecule has 0 bridgehead atoms. The van der Waals surface area contributed by atoms with Gasteiger partial charge in [-0.25, -0.2) is 0 Å². The van der Waals surface area contributed by atoms with Crippen LogP contribution in [0.15, 0.2) is 30.5 Å². The fraction of sp³-hybridized carbons (Fsp3) is 0.545. The van der Waals surface area contributed by atoms with Gasteiger partial charge >= 0.3 is 0 Å². The van der Waals surface area contributed by atoms with Crippen molar-refractivity contribution in [2.75, 3.05) is 26.2 Å². The van der Waals surface area contributed by atoms with E-state index in [1.807, 2.05) is 37.4 Å². The Bertz CT molecular complexity index is 814. The average Bonchev–Trinajstić information content (AvgIpc) is 3.17. The summed E-state index contributed by atoms with van der Waals surface area (Å²) in [6.45, 7) is 5.49. The summed E-state index contributed by atoms with van der Waals surface area (Å²) < 4.78 is 0. The van der Waals surface area contributed by atoms with E-state index in [-0.39, 0.29) is 17.7 Å². The largest absolute Gasteiger partial charge is 0.360 e. The van der Waals surface area contributed by atoms with Gasteiger partial charge in [0.25, 0.3) is 0 Å². The van der Waals surface area contributed by atoms with Crippen LogP contribution in [-0.4, -0.2) is 58.7 Å². The van der Waals surface area contributed by atoms with Crippen molar-refractivity contribution in [3.8, 4) is 0 Å². The van der Waals surface area contributed by atoms with Crippen LogP contribution in [0.5, 0.6) is 0 Å². The first-order chi connectivity index (χ1) is 13.1. The average molecular weight is 367 g/mol. The minimum Gasteiger partial charge on any atom is -0.360 e. The summed E-state index contributed by atoms with van der Waals surface area (Å²) >= 11 is 0. The van der Waals surface area contributed by atoms with Gasteiger partial charge in [0.1, 0.15) is 0 Å². The summed E-state index contributed by atoms with van der Waals surface area (Å²) in [5.41, 5.74) is 1.77. The van der Waals surface area contributed by atoms with Gasteiger partial charge in [0.05, 0.1) is 6.04 Å². The number of hydrogen-bond acceptors (Lipinski definition) is 3. The number of aromatic amines is 1. The van der Waals surface area contributed by atoms with Crippen molar-refractivity contribution >= 4 is 22.6 Å². The number of nitrogens with one attached hydrogen (secondary N) is 1. The second-order valence-corrected chi connectivity index (χ2v) is 7.98. The quantitative estimate of drug-likeness (QED) is 0.842. The van der Waals surface area contributed by atoms with Gasteiger partial charge in [-0.05, 0) is 58.2 Å². The molecule has 0 spiro atoms. The van der Waals surface area contributed by atoms with E-state index in [0.717, 1.165) is 68.3 Å². The third-order valence-corrected chi connectivity index (χ3v) is 6.33. The predicted octanol–water partition coefficient (Wildman–Crippen LogP) is 3.46. The lowest BCUT2D eigenvalue weighted by Crippen LogP contribution is -2.48. The number of amides is 1. The first-order valence-corrected chi connectivity index (χ1v) is 10.3. The number of ketones is 1. The molecular weight excluding hydrogens is 338 g/mol. The third kappa shape index (κ3) is 3.65. The number of likely N-dealkylation sites (tertiary alicyclic amines) is 2. The van der Waals surface area contributed by atoms with Crippen LogP contribution in [0.1, 0.15) is 49.4 Å². The van der Waals surface area contributed by atoms with Gasteiger partial charge in [0, 0.05) is 41.7 Å². The van der Waals surface area contributed by atoms with Crippen molar-refractivity contribution in [3.05, 3.63) is 36.0 Å². The number of rotatable bonds is 4. The third-order valence-electron chi connectivity index (χ3n) is 6.33. The summed E-state index contributed by atoms with van der Waals surface area (Å²) in [5.74, 6) is 0.632. The maximum atomic E-state index is 13.0. The van der Waals surface area contributed by atoms with Crippen LogP contribution in [0.4, 0.5) is 0 Å². The molecule has 5 heteroatoms. The van der Waals surface area contributed by atoms with E-state index in [0.29, 0.717) is 5.91 Å². The summed E-state index contributed by atoms with van der Waals surface area (Å²) in [6, 6.07) is 7.77. The molecule has 144 valence electrons. The molecule has 27 heavy (non-hydrogen) atoms. The van der Waals surface area contributed by atoms with E-state index < -0.39 is 0 Å². The van der Waals surface area contributed by atoms with Gasteiger partial charge < -0.3 is 9.88 Å². The minimum absolute atomic E-state index is 0.134. The lowest BCUT2D eigenvalue weighted by molar-refractivity contribution is -0.138. The van der Waals surface area contributed by atoms with Crippen LogP contribution in [0.3, 0.4) is 0 Å². The van der Waals surface area contributed by atoms with E-state index in [1.54, 1.807) is 0 Å². The zero-order valence-corrected chi connectivity index (χ0v) is 16.1. The van der Waals surface area contributed by atoms with Crippen LogP contribution in [0.25, 0.3) is 10.9 Å². The number of H-pyrrole nitrogens is 1. The smallest absolute Gasteiger partial charge is 0.225 e. The number of benzene rings is 1. The van der Waals surface area contributed by atoms with Gasteiger partial charge in [0.15, 0.2) is 5.78 Å². The van der Waals surface area contributed by atoms with Crippen molar-refractivity contribution < 1.29 is 9.59 Å². The molecule has 1 atom stereocenters. The molecule has 1 N–H and O–H groups in total. The molecule has 1 amide bonds. The second-order valence-electron chi connectivity index (χ2n) is 7.98. The standard InChI is InChI=1S/C22H29N3O2/c1-16(21(26)19-15-23-20-8-4-3-7-18(19)20)24-13-9-17(10-14-24)22(27)25-11-5-2-6-12-25/h3-4,7-8,15-17,23H,2,5-6,9-14H2,1H3. The number of fused-ring (bicyclic) bond motifs is 1. The first kappa shape index (κ1) is 18.2. The predicted molar refractivity (Wildman–Crippen MR) is 107 cm³/mol. The Labute approximate surface area is 160 Å². The highest BCUT2D eigenvalue weighted by atomic mass is 16.2. The van der Waals surface area contributed by atoms with Crippen LogP contribution >= 0.6 is 0 Å². The van der Waals surface area contributed by atoms with Gasteiger partial charge in [-0.3, -0.25) is 14.5 Å². The number of para-hydroxylation sites is 1. The molecule has 2 fully saturated rings. The summed E-state index contributed by atoms with van der Waals surface area (Å²) in [6.07, 6.45) is 7.08. The molecule has 0 saturated carbocycles. The maximum Gasteiger partial charge on any atom is 0.225 e. The zero-order chi connectivity index (χ0) is 18.8. The molecule has 1 aromatic heterocycles. The fourth-order valence-corrected chi connectivity index (χ4v) is 4.57. The molecule has 2 saturated heterocycles. The molecule has 1 unspecified atom stereocenters. The topological polar surface area (TPSA) is 56.4 Å². The van der Waals surface area contributed by atoms with E-state index in [2.05, 4.69) is 14.8 Å². The van der Waals surface area contributed by atoms with Gasteiger partial charge in [-0.15, -0.1) is 0 Å². The fourth-order valence-electron chi connectivity index (χ4n) is 4.57. The lowest BCUT2D eigenvalue weighted by Gasteiger charge is -2.37. The molecule has 1 aromatic carbocycles. The van der Waals surface area contributed by atoms with Crippen molar-refractivity contribution in [1.82, 2.24) is 14.8 Å². The Balaban J connectivity index is 1.37. The SMILES string of the molecule is CC(C(=O)c1c[nH]c2ccccc12)N1CCC(C(=O)N2CCCCC2)CC1. The van der Waals surface area contributed by atoms with Crippen LogP contribution in [0.2, 0.25) is 0 Å². The van der Waals surface area contributed by atoms with Gasteiger partial charge in [-0.1, -0.05) is 18.2 Å². The number of piperidine rings is 2. The second kappa shape index (κ2) is 7.85. The van der Waals surface area contributed by atoms with Gasteiger partial charge in [0.2, 0.25) is 5.91 Å². The van der Waals surface area contributed by atoms with Crippen molar-refractivity contribution in [1.29, 1.82) is 0 Å². The van der Waals surface area contributed by atoms with Crippen LogP contribution < -0.4 is 0 Å². The zero-order valence-electron chi connectivity index (χ0n) is 16.1. The maximum absolute atomic E-state index is 13.0. The van der Waals surface area contributed by atoms with Gasteiger partial charge in [-0.2, -0.15) is 0 Å². The number of aromatic nitrogens is 1. The Morgan fingerprint density at radius 2 is 1.74 bits per heavy atom. The van der Waals surface area contributed by atoms with E-state index in [4.69, 9.17) is 0 Å². The highest BCUT2D eigenvalue weighted by Crippen LogP contribution is 2.25. The number of hydrogen-bond donors (Lipinski definition) is 1. The Morgan fingerprint density at radius 3 is 2.48 bits per heavy atom. The van der Waals surface area contributed by atoms with E-state index >= 15 is 0 Å². The Morgan fingerprint density at radius 1 is 1.04 bits per heavy atom. The molecule has 2 aliphatic heterocycles. The van der Waals surface area contributed by atoms with Crippen molar-refractivity contribution in [3.63, 3.8) is 0 Å². The number of carbonyl (C=O) groups is 2. The van der Waals surface area contributed by atoms with Crippen LogP contribution in [0, 0.1) is 5.92 Å². The molecular formula is C22H29N3O2. The number of nitrogens with zero attached hydrogens (tertiary/aromatic N) is 2. The van der Waals surface area contributed by atoms with E-state index in [9.17, 15) is 9.59 Å². The van der Waals surface area contributed by atoms with Crippen LogP contribution in [-0.2, 0) is 4.79 Å². The van der Waals surface area contributed by atoms with E-state index in [1.165, 1.54) is 6.42 Å². The monoisotopic (exact) mass is 367 g/mol. The first-order valence-electron chi connectivity index (χ1n) is 10.3. The Hall–Kier alpha value is -2.14. The molecule has 3 heterocycles. The molecule has 2 aromatic rings. The highest BCUT2D eigenvalue weighted by Gasteiger charge is 2.32. The summed E-state index contributed by atoms with van der Waals surface area (Å²) in [5, 5.41) is 0.990. The Kier molecular flexibility index (Phi) is 5.30. The lowest BCUT2D eigenvalue weighted by atomic mass is 9.92. The molecule has 0 radical (unpaired) electrons. The number of carbonyl (C=O) groups excluding carboxylic acids is 2.